The summed E-state index contributed by atoms with van der Waals surface area (Å²) >= 11 is 0. The molecule has 1 nitrogen and oxygen atoms in total. The van der Waals surface area contributed by atoms with Crippen molar-refractivity contribution in [3.63, 3.8) is 0 Å². The molecule has 0 aliphatic heterocycles. The largest absolute Gasteiger partial charge is 0.392 e. The minimum absolute atomic E-state index is 0.159. The number of hydrogen-bond donors (Lipinski definition) is 1. The lowest BCUT2D eigenvalue weighted by molar-refractivity contribution is 0.0174. The minimum Gasteiger partial charge on any atom is -0.392 e. The molecule has 0 aromatic heterocycles. The van der Waals surface area contributed by atoms with E-state index < -0.39 is 0 Å². The lowest BCUT2D eigenvalue weighted by Crippen LogP contribution is -2.42. The zero-order chi connectivity index (χ0) is 12.3. The van der Waals surface area contributed by atoms with Crippen LogP contribution in [0.3, 0.4) is 0 Å². The SMILES string of the molecule is C=CCC(O)C1(C(=C)C)CCC(C)=CC1C. The van der Waals surface area contributed by atoms with Crippen LogP contribution in [0.25, 0.3) is 0 Å². The third-order valence-electron chi connectivity index (χ3n) is 4.06. The summed E-state index contributed by atoms with van der Waals surface area (Å²) in [5.74, 6) is 0.355. The van der Waals surface area contributed by atoms with Crippen molar-refractivity contribution in [1.29, 1.82) is 0 Å². The van der Waals surface area contributed by atoms with Crippen LogP contribution in [0.4, 0.5) is 0 Å². The Morgan fingerprint density at radius 3 is 2.81 bits per heavy atom. The molecule has 0 saturated heterocycles. The highest BCUT2D eigenvalue weighted by Crippen LogP contribution is 2.48. The second-order valence-corrected chi connectivity index (χ2v) is 5.16. The van der Waals surface area contributed by atoms with Crippen LogP contribution in [0.2, 0.25) is 0 Å². The normalized spacial score (nSPS) is 31.8. The third kappa shape index (κ3) is 2.15. The Morgan fingerprint density at radius 1 is 1.75 bits per heavy atom. The third-order valence-corrected chi connectivity index (χ3v) is 4.06. The second-order valence-electron chi connectivity index (χ2n) is 5.16. The highest BCUT2D eigenvalue weighted by Gasteiger charge is 2.43. The fourth-order valence-corrected chi connectivity index (χ4v) is 3.02. The van der Waals surface area contributed by atoms with Crippen LogP contribution < -0.4 is 0 Å². The van der Waals surface area contributed by atoms with Crippen LogP contribution >= 0.6 is 0 Å². The van der Waals surface area contributed by atoms with E-state index in [-0.39, 0.29) is 11.5 Å². The van der Waals surface area contributed by atoms with Gasteiger partial charge in [0.1, 0.15) is 0 Å². The molecule has 1 aliphatic carbocycles. The maximum atomic E-state index is 10.4. The topological polar surface area (TPSA) is 20.2 Å². The molecule has 1 N–H and O–H groups in total. The van der Waals surface area contributed by atoms with Gasteiger partial charge in [-0.1, -0.05) is 36.8 Å². The summed E-state index contributed by atoms with van der Waals surface area (Å²) in [6.07, 6.45) is 6.43. The van der Waals surface area contributed by atoms with Crippen LogP contribution in [0.5, 0.6) is 0 Å². The monoisotopic (exact) mass is 220 g/mol. The molecule has 0 aromatic carbocycles. The first-order valence-electron chi connectivity index (χ1n) is 6.07. The van der Waals surface area contributed by atoms with Crippen molar-refractivity contribution in [3.05, 3.63) is 36.5 Å². The molecular formula is C15H24O. The summed E-state index contributed by atoms with van der Waals surface area (Å²) in [6, 6.07) is 0. The number of rotatable bonds is 4. The molecule has 0 saturated carbocycles. The Hall–Kier alpha value is -0.820. The molecule has 0 aromatic rings. The maximum absolute atomic E-state index is 10.4. The summed E-state index contributed by atoms with van der Waals surface area (Å²) < 4.78 is 0. The van der Waals surface area contributed by atoms with Gasteiger partial charge < -0.3 is 5.11 Å². The van der Waals surface area contributed by atoms with Crippen molar-refractivity contribution in [2.24, 2.45) is 11.3 Å². The number of allylic oxidation sites excluding steroid dienone is 2. The summed E-state index contributed by atoms with van der Waals surface area (Å²) in [4.78, 5) is 0. The van der Waals surface area contributed by atoms with Gasteiger partial charge in [-0.3, -0.25) is 0 Å². The lowest BCUT2D eigenvalue weighted by Gasteiger charge is -2.45. The summed E-state index contributed by atoms with van der Waals surface area (Å²) in [6.45, 7) is 14.2. The maximum Gasteiger partial charge on any atom is 0.0673 e. The lowest BCUT2D eigenvalue weighted by atomic mass is 9.61. The zero-order valence-electron chi connectivity index (χ0n) is 10.8. The van der Waals surface area contributed by atoms with Crippen LogP contribution in [0, 0.1) is 11.3 Å². The van der Waals surface area contributed by atoms with E-state index in [1.54, 1.807) is 6.08 Å². The van der Waals surface area contributed by atoms with Crippen LogP contribution in [0.1, 0.15) is 40.0 Å². The van der Waals surface area contributed by atoms with Crippen molar-refractivity contribution in [3.8, 4) is 0 Å². The molecule has 0 amide bonds. The van der Waals surface area contributed by atoms with Gasteiger partial charge >= 0.3 is 0 Å². The van der Waals surface area contributed by atoms with Crippen LogP contribution in [-0.4, -0.2) is 11.2 Å². The fraction of sp³-hybridized carbons (Fsp3) is 0.600. The standard InChI is InChI=1S/C15H24O/c1-6-7-14(16)15(11(2)3)9-8-12(4)10-13(15)5/h6,10,13-14,16H,1-2,7-9H2,3-5H3. The number of hydrogen-bond acceptors (Lipinski definition) is 1. The predicted octanol–water partition coefficient (Wildman–Crippen LogP) is 3.86. The van der Waals surface area contributed by atoms with E-state index in [4.69, 9.17) is 0 Å². The summed E-state index contributed by atoms with van der Waals surface area (Å²) in [5, 5.41) is 10.4. The van der Waals surface area contributed by atoms with Gasteiger partial charge in [0, 0.05) is 5.41 Å². The van der Waals surface area contributed by atoms with E-state index in [1.165, 1.54) is 5.57 Å². The number of aliphatic hydroxyl groups is 1. The van der Waals surface area contributed by atoms with Gasteiger partial charge in [-0.25, -0.2) is 0 Å². The first kappa shape index (κ1) is 13.2. The van der Waals surface area contributed by atoms with E-state index >= 15 is 0 Å². The predicted molar refractivity (Wildman–Crippen MR) is 70.2 cm³/mol. The molecule has 1 heteroatoms. The van der Waals surface area contributed by atoms with E-state index in [2.05, 4.69) is 33.1 Å². The molecule has 0 spiro atoms. The molecule has 16 heavy (non-hydrogen) atoms. The van der Waals surface area contributed by atoms with Crippen molar-refractivity contribution in [2.75, 3.05) is 0 Å². The Labute approximate surface area is 99.6 Å². The van der Waals surface area contributed by atoms with Crippen molar-refractivity contribution in [1.82, 2.24) is 0 Å². The molecule has 0 bridgehead atoms. The van der Waals surface area contributed by atoms with E-state index in [0.717, 1.165) is 18.4 Å². The number of aliphatic hydroxyl groups excluding tert-OH is 1. The Kier molecular flexibility index (Phi) is 4.15. The average Bonchev–Trinajstić information content (AvgIpc) is 2.17. The Morgan fingerprint density at radius 2 is 2.38 bits per heavy atom. The molecule has 3 unspecified atom stereocenters. The summed E-state index contributed by atoms with van der Waals surface area (Å²) in [7, 11) is 0. The molecule has 0 radical (unpaired) electrons. The van der Waals surface area contributed by atoms with Crippen molar-refractivity contribution < 1.29 is 5.11 Å². The van der Waals surface area contributed by atoms with Gasteiger partial charge in [0.25, 0.3) is 0 Å². The molecule has 0 fully saturated rings. The molecule has 1 rings (SSSR count). The smallest absolute Gasteiger partial charge is 0.0673 e. The quantitative estimate of drug-likeness (QED) is 0.713. The molecular weight excluding hydrogens is 196 g/mol. The zero-order valence-corrected chi connectivity index (χ0v) is 10.8. The Bertz CT molecular complexity index is 313. The van der Waals surface area contributed by atoms with E-state index in [1.807, 2.05) is 6.92 Å². The Balaban J connectivity index is 3.07. The van der Waals surface area contributed by atoms with E-state index in [0.29, 0.717) is 12.3 Å². The van der Waals surface area contributed by atoms with Gasteiger partial charge in [0.05, 0.1) is 6.10 Å². The van der Waals surface area contributed by atoms with Crippen LogP contribution in [-0.2, 0) is 0 Å². The average molecular weight is 220 g/mol. The highest BCUT2D eigenvalue weighted by molar-refractivity contribution is 5.23. The molecule has 3 atom stereocenters. The first-order chi connectivity index (χ1) is 7.45. The second kappa shape index (κ2) is 5.01. The van der Waals surface area contributed by atoms with Gasteiger partial charge in [-0.05, 0) is 39.0 Å². The molecule has 1 aliphatic rings. The molecule has 90 valence electrons. The fourth-order valence-electron chi connectivity index (χ4n) is 3.02. The van der Waals surface area contributed by atoms with Crippen molar-refractivity contribution in [2.45, 2.75) is 46.1 Å². The van der Waals surface area contributed by atoms with Crippen molar-refractivity contribution >= 4 is 0 Å². The van der Waals surface area contributed by atoms with Gasteiger partial charge in [-0.15, -0.1) is 6.58 Å². The first-order valence-corrected chi connectivity index (χ1v) is 6.07. The van der Waals surface area contributed by atoms with Gasteiger partial charge in [0.15, 0.2) is 0 Å². The molecule has 0 heterocycles. The van der Waals surface area contributed by atoms with Gasteiger partial charge in [-0.2, -0.15) is 0 Å². The van der Waals surface area contributed by atoms with Gasteiger partial charge in [0.2, 0.25) is 0 Å². The highest BCUT2D eigenvalue weighted by atomic mass is 16.3. The van der Waals surface area contributed by atoms with E-state index in [9.17, 15) is 5.11 Å². The summed E-state index contributed by atoms with van der Waals surface area (Å²) in [5.41, 5.74) is 2.36. The minimum atomic E-state index is -0.359. The van der Waals surface area contributed by atoms with Crippen LogP contribution in [0.15, 0.2) is 36.5 Å².